The number of aliphatic hydroxyl groups is 1. The maximum Gasteiger partial charge on any atom is 0.215 e. The standard InChI is InChI=1S/C15H22FNO3S/c1-12-6-8-15(18,9-7-12)11-17-21(19,20)10-13-2-4-14(16)5-3-13/h2-5,12,17-18H,6-11H2,1H3. The summed E-state index contributed by atoms with van der Waals surface area (Å²) >= 11 is 0. The minimum Gasteiger partial charge on any atom is -0.389 e. The topological polar surface area (TPSA) is 66.4 Å². The summed E-state index contributed by atoms with van der Waals surface area (Å²) in [5.41, 5.74) is -0.421. The van der Waals surface area contributed by atoms with Crippen molar-refractivity contribution in [2.75, 3.05) is 6.54 Å². The maximum absolute atomic E-state index is 12.8. The normalized spacial score (nSPS) is 26.7. The van der Waals surface area contributed by atoms with Crippen LogP contribution < -0.4 is 4.72 Å². The van der Waals surface area contributed by atoms with Crippen molar-refractivity contribution in [3.8, 4) is 0 Å². The molecule has 0 radical (unpaired) electrons. The Morgan fingerprint density at radius 3 is 2.43 bits per heavy atom. The van der Waals surface area contributed by atoms with E-state index in [0.29, 0.717) is 24.3 Å². The molecule has 0 bridgehead atoms. The first kappa shape index (κ1) is 16.4. The van der Waals surface area contributed by atoms with E-state index in [1.165, 1.54) is 24.3 Å². The Bertz CT molecular complexity index is 563. The van der Waals surface area contributed by atoms with Gasteiger partial charge in [0.25, 0.3) is 0 Å². The van der Waals surface area contributed by atoms with E-state index in [2.05, 4.69) is 11.6 Å². The number of rotatable bonds is 5. The lowest BCUT2D eigenvalue weighted by Crippen LogP contribution is -2.45. The van der Waals surface area contributed by atoms with Gasteiger partial charge in [-0.2, -0.15) is 0 Å². The van der Waals surface area contributed by atoms with Gasteiger partial charge in [0.2, 0.25) is 10.0 Å². The monoisotopic (exact) mass is 315 g/mol. The molecule has 0 atom stereocenters. The van der Waals surface area contributed by atoms with Crippen LogP contribution in [0.2, 0.25) is 0 Å². The van der Waals surface area contributed by atoms with Crippen LogP contribution in [-0.4, -0.2) is 25.7 Å². The summed E-state index contributed by atoms with van der Waals surface area (Å²) in [6.45, 7) is 2.18. The third-order valence-electron chi connectivity index (χ3n) is 4.10. The fourth-order valence-electron chi connectivity index (χ4n) is 2.57. The van der Waals surface area contributed by atoms with Gasteiger partial charge in [0.15, 0.2) is 0 Å². The summed E-state index contributed by atoms with van der Waals surface area (Å²) in [5.74, 6) is -0.0180. The molecule has 6 heteroatoms. The van der Waals surface area contributed by atoms with E-state index >= 15 is 0 Å². The zero-order valence-electron chi connectivity index (χ0n) is 12.2. The molecule has 4 nitrogen and oxygen atoms in total. The Morgan fingerprint density at radius 2 is 1.86 bits per heavy atom. The highest BCUT2D eigenvalue weighted by Crippen LogP contribution is 2.31. The van der Waals surface area contributed by atoms with E-state index in [9.17, 15) is 17.9 Å². The van der Waals surface area contributed by atoms with Crippen molar-refractivity contribution >= 4 is 10.0 Å². The summed E-state index contributed by atoms with van der Waals surface area (Å²) in [7, 11) is -3.53. The number of sulfonamides is 1. The SMILES string of the molecule is CC1CCC(O)(CNS(=O)(=O)Cc2ccc(F)cc2)CC1. The molecular formula is C15H22FNO3S. The first-order chi connectivity index (χ1) is 9.78. The average Bonchev–Trinajstić information content (AvgIpc) is 2.43. The molecule has 0 heterocycles. The van der Waals surface area contributed by atoms with Crippen LogP contribution in [0.3, 0.4) is 0 Å². The van der Waals surface area contributed by atoms with Gasteiger partial charge in [-0.05, 0) is 49.3 Å². The van der Waals surface area contributed by atoms with Gasteiger partial charge < -0.3 is 5.11 Å². The van der Waals surface area contributed by atoms with E-state index in [0.717, 1.165) is 12.8 Å². The third-order valence-corrected chi connectivity index (χ3v) is 5.39. The van der Waals surface area contributed by atoms with E-state index in [-0.39, 0.29) is 12.3 Å². The molecule has 0 amide bonds. The van der Waals surface area contributed by atoms with Crippen LogP contribution in [0.4, 0.5) is 4.39 Å². The molecule has 2 N–H and O–H groups in total. The molecule has 1 aliphatic rings. The van der Waals surface area contributed by atoms with Gasteiger partial charge in [0.1, 0.15) is 5.82 Å². The third kappa shape index (κ3) is 5.05. The van der Waals surface area contributed by atoms with E-state index in [1.807, 2.05) is 0 Å². The zero-order valence-corrected chi connectivity index (χ0v) is 13.0. The fraction of sp³-hybridized carbons (Fsp3) is 0.600. The highest BCUT2D eigenvalue weighted by molar-refractivity contribution is 7.88. The van der Waals surface area contributed by atoms with Gasteiger partial charge in [0.05, 0.1) is 11.4 Å². The van der Waals surface area contributed by atoms with Crippen LogP contribution in [0.15, 0.2) is 24.3 Å². The van der Waals surface area contributed by atoms with Crippen molar-refractivity contribution in [1.82, 2.24) is 4.72 Å². The second-order valence-electron chi connectivity index (χ2n) is 6.11. The number of benzene rings is 1. The second-order valence-corrected chi connectivity index (χ2v) is 7.92. The molecule has 1 aliphatic carbocycles. The lowest BCUT2D eigenvalue weighted by molar-refractivity contribution is -0.00183. The number of hydrogen-bond acceptors (Lipinski definition) is 3. The predicted molar refractivity (Wildman–Crippen MR) is 79.6 cm³/mol. The van der Waals surface area contributed by atoms with Crippen molar-refractivity contribution in [3.63, 3.8) is 0 Å². The van der Waals surface area contributed by atoms with Gasteiger partial charge in [-0.1, -0.05) is 19.1 Å². The minimum atomic E-state index is -3.53. The van der Waals surface area contributed by atoms with Gasteiger partial charge in [-0.25, -0.2) is 17.5 Å². The van der Waals surface area contributed by atoms with Crippen LogP contribution in [0.1, 0.15) is 38.2 Å². The number of hydrogen-bond donors (Lipinski definition) is 2. The molecule has 0 spiro atoms. The first-order valence-electron chi connectivity index (χ1n) is 7.22. The van der Waals surface area contributed by atoms with Crippen LogP contribution >= 0.6 is 0 Å². The first-order valence-corrected chi connectivity index (χ1v) is 8.87. The van der Waals surface area contributed by atoms with E-state index in [4.69, 9.17) is 0 Å². The quantitative estimate of drug-likeness (QED) is 0.875. The highest BCUT2D eigenvalue weighted by Gasteiger charge is 2.32. The van der Waals surface area contributed by atoms with Crippen molar-refractivity contribution in [2.24, 2.45) is 5.92 Å². The highest BCUT2D eigenvalue weighted by atomic mass is 32.2. The van der Waals surface area contributed by atoms with Gasteiger partial charge in [-0.3, -0.25) is 0 Å². The lowest BCUT2D eigenvalue weighted by Gasteiger charge is -2.34. The summed E-state index contributed by atoms with van der Waals surface area (Å²) < 4.78 is 39.3. The average molecular weight is 315 g/mol. The minimum absolute atomic E-state index is 0.0449. The Kier molecular flexibility index (Phi) is 5.01. The molecule has 1 aromatic carbocycles. The van der Waals surface area contributed by atoms with E-state index < -0.39 is 21.4 Å². The van der Waals surface area contributed by atoms with Crippen LogP contribution in [0, 0.1) is 11.7 Å². The van der Waals surface area contributed by atoms with Crippen molar-refractivity contribution in [2.45, 2.75) is 44.0 Å². The molecule has 118 valence electrons. The Labute approximate surface area is 125 Å². The molecule has 1 aromatic rings. The van der Waals surface area contributed by atoms with Gasteiger partial charge >= 0.3 is 0 Å². The molecule has 0 saturated heterocycles. The second kappa shape index (κ2) is 6.42. The molecule has 0 unspecified atom stereocenters. The summed E-state index contributed by atoms with van der Waals surface area (Å²) in [6.07, 6.45) is 3.06. The summed E-state index contributed by atoms with van der Waals surface area (Å²) in [6, 6.07) is 5.37. The predicted octanol–water partition coefficient (Wildman–Crippen LogP) is 2.19. The molecule has 21 heavy (non-hydrogen) atoms. The molecule has 0 aliphatic heterocycles. The molecule has 1 fully saturated rings. The summed E-state index contributed by atoms with van der Waals surface area (Å²) in [4.78, 5) is 0. The van der Waals surface area contributed by atoms with Crippen molar-refractivity contribution in [1.29, 1.82) is 0 Å². The zero-order chi connectivity index (χ0) is 15.5. The molecular weight excluding hydrogens is 293 g/mol. The van der Waals surface area contributed by atoms with Crippen molar-refractivity contribution < 1.29 is 17.9 Å². The van der Waals surface area contributed by atoms with Gasteiger partial charge in [-0.15, -0.1) is 0 Å². The van der Waals surface area contributed by atoms with Crippen LogP contribution in [0.25, 0.3) is 0 Å². The Morgan fingerprint density at radius 1 is 1.29 bits per heavy atom. The molecule has 1 saturated carbocycles. The smallest absolute Gasteiger partial charge is 0.215 e. The fourth-order valence-corrected chi connectivity index (χ4v) is 3.79. The van der Waals surface area contributed by atoms with Crippen LogP contribution in [0.5, 0.6) is 0 Å². The summed E-state index contributed by atoms with van der Waals surface area (Å²) in [5, 5.41) is 10.4. The van der Waals surface area contributed by atoms with Crippen molar-refractivity contribution in [3.05, 3.63) is 35.6 Å². The maximum atomic E-state index is 12.8. The van der Waals surface area contributed by atoms with Gasteiger partial charge in [0, 0.05) is 6.54 Å². The Balaban J connectivity index is 1.90. The molecule has 2 rings (SSSR count). The number of halogens is 1. The van der Waals surface area contributed by atoms with Crippen LogP contribution in [-0.2, 0) is 15.8 Å². The Hall–Kier alpha value is -0.980. The lowest BCUT2D eigenvalue weighted by atomic mass is 9.80. The number of nitrogens with one attached hydrogen (secondary N) is 1. The van der Waals surface area contributed by atoms with E-state index in [1.54, 1.807) is 0 Å². The largest absolute Gasteiger partial charge is 0.389 e. The molecule has 0 aromatic heterocycles.